The van der Waals surface area contributed by atoms with Crippen LogP contribution in [0.25, 0.3) is 0 Å². The Kier molecular flexibility index (Phi) is 8.11. The molecule has 0 spiro atoms. The molecular weight excluding hydrogens is 438 g/mol. The maximum Gasteiger partial charge on any atom is 0.347 e. The van der Waals surface area contributed by atoms with Gasteiger partial charge in [0.15, 0.2) is 22.8 Å². The van der Waals surface area contributed by atoms with Crippen LogP contribution in [0.4, 0.5) is 0 Å². The standard InChI is InChI=1S/C17H20BrN3O5S/c1-4-24-13-7-11(8-19-21-17-20-14(22)9-27-17)6-12(18)15(13)26-10(3)16(23)25-5-2/h6-8,10H,4-5,9H2,1-3H3,(H,20,21,22). The van der Waals surface area contributed by atoms with E-state index < -0.39 is 12.1 Å². The summed E-state index contributed by atoms with van der Waals surface area (Å²) < 4.78 is 16.9. The normalized spacial score (nSPS) is 16.4. The van der Waals surface area contributed by atoms with Crippen molar-refractivity contribution in [1.29, 1.82) is 0 Å². The number of amidine groups is 1. The van der Waals surface area contributed by atoms with E-state index in [9.17, 15) is 9.59 Å². The van der Waals surface area contributed by atoms with Crippen LogP contribution < -0.4 is 14.8 Å². The summed E-state index contributed by atoms with van der Waals surface area (Å²) in [6.45, 7) is 5.89. The highest BCUT2D eigenvalue weighted by Gasteiger charge is 2.21. The molecule has 0 bridgehead atoms. The number of hydrogen-bond acceptors (Lipinski definition) is 8. The topological polar surface area (TPSA) is 98.6 Å². The Labute approximate surface area is 169 Å². The first-order valence-corrected chi connectivity index (χ1v) is 10.1. The van der Waals surface area contributed by atoms with Crippen LogP contribution >= 0.6 is 27.7 Å². The number of carbonyl (C=O) groups is 2. The van der Waals surface area contributed by atoms with Gasteiger partial charge >= 0.3 is 5.97 Å². The fourth-order valence-electron chi connectivity index (χ4n) is 2.05. The number of ether oxygens (including phenoxy) is 3. The number of nitrogens with one attached hydrogen (secondary N) is 1. The van der Waals surface area contributed by atoms with Crippen LogP contribution in [-0.2, 0) is 14.3 Å². The van der Waals surface area contributed by atoms with Gasteiger partial charge < -0.3 is 19.5 Å². The van der Waals surface area contributed by atoms with Crippen LogP contribution in [0.3, 0.4) is 0 Å². The third kappa shape index (κ3) is 6.24. The molecule has 27 heavy (non-hydrogen) atoms. The van der Waals surface area contributed by atoms with Gasteiger partial charge in [-0.25, -0.2) is 4.79 Å². The molecule has 2 rings (SSSR count). The number of esters is 1. The third-order valence-corrected chi connectivity index (χ3v) is 4.64. The Balaban J connectivity index is 2.19. The van der Waals surface area contributed by atoms with Gasteiger partial charge in [-0.15, -0.1) is 5.10 Å². The van der Waals surface area contributed by atoms with E-state index in [1.54, 1.807) is 26.0 Å². The summed E-state index contributed by atoms with van der Waals surface area (Å²) in [5.74, 6) is 0.663. The second-order valence-electron chi connectivity index (χ2n) is 5.26. The van der Waals surface area contributed by atoms with Crippen molar-refractivity contribution >= 4 is 51.0 Å². The van der Waals surface area contributed by atoms with E-state index >= 15 is 0 Å². The predicted octanol–water partition coefficient (Wildman–Crippen LogP) is 2.73. The highest BCUT2D eigenvalue weighted by atomic mass is 79.9. The molecule has 0 aliphatic carbocycles. The van der Waals surface area contributed by atoms with E-state index in [-0.39, 0.29) is 12.5 Å². The highest BCUT2D eigenvalue weighted by molar-refractivity contribution is 9.10. The zero-order chi connectivity index (χ0) is 19.8. The maximum atomic E-state index is 11.8. The quantitative estimate of drug-likeness (QED) is 0.366. The first-order chi connectivity index (χ1) is 12.9. The summed E-state index contributed by atoms with van der Waals surface area (Å²) in [7, 11) is 0. The lowest BCUT2D eigenvalue weighted by Gasteiger charge is -2.18. The van der Waals surface area contributed by atoms with E-state index in [1.807, 2.05) is 6.92 Å². The molecule has 1 fully saturated rings. The van der Waals surface area contributed by atoms with E-state index in [2.05, 4.69) is 31.4 Å². The Morgan fingerprint density at radius 2 is 2.19 bits per heavy atom. The molecule has 0 radical (unpaired) electrons. The smallest absolute Gasteiger partial charge is 0.347 e. The Hall–Kier alpha value is -2.07. The van der Waals surface area contributed by atoms with Crippen molar-refractivity contribution in [3.8, 4) is 11.5 Å². The largest absolute Gasteiger partial charge is 0.490 e. The lowest BCUT2D eigenvalue weighted by molar-refractivity contribution is -0.150. The summed E-state index contributed by atoms with van der Waals surface area (Å²) in [5.41, 5.74) is 0.708. The Morgan fingerprint density at radius 3 is 2.81 bits per heavy atom. The Morgan fingerprint density at radius 1 is 1.41 bits per heavy atom. The monoisotopic (exact) mass is 457 g/mol. The van der Waals surface area contributed by atoms with Crippen LogP contribution in [0.2, 0.25) is 0 Å². The van der Waals surface area contributed by atoms with Crippen LogP contribution in [0.5, 0.6) is 11.5 Å². The highest BCUT2D eigenvalue weighted by Crippen LogP contribution is 2.37. The minimum Gasteiger partial charge on any atom is -0.490 e. The van der Waals surface area contributed by atoms with Crippen LogP contribution in [0, 0.1) is 0 Å². The minimum absolute atomic E-state index is 0.0902. The molecule has 0 aromatic heterocycles. The molecule has 1 aromatic rings. The molecule has 1 heterocycles. The van der Waals surface area contributed by atoms with Crippen LogP contribution in [0.15, 0.2) is 26.8 Å². The lowest BCUT2D eigenvalue weighted by Crippen LogP contribution is -2.26. The van der Waals surface area contributed by atoms with Gasteiger partial charge in [0.25, 0.3) is 0 Å². The summed E-state index contributed by atoms with van der Waals surface area (Å²) in [4.78, 5) is 22.9. The molecule has 1 aromatic carbocycles. The van der Waals surface area contributed by atoms with Gasteiger partial charge in [0.1, 0.15) is 0 Å². The predicted molar refractivity (Wildman–Crippen MR) is 108 cm³/mol. The number of nitrogens with zero attached hydrogens (tertiary/aromatic N) is 2. The fourth-order valence-corrected chi connectivity index (χ4v) is 3.24. The van der Waals surface area contributed by atoms with Gasteiger partial charge in [-0.3, -0.25) is 4.79 Å². The number of hydrogen-bond donors (Lipinski definition) is 1. The van der Waals surface area contributed by atoms with Crippen molar-refractivity contribution in [3.05, 3.63) is 22.2 Å². The summed E-state index contributed by atoms with van der Waals surface area (Å²) in [6, 6.07) is 3.49. The van der Waals surface area contributed by atoms with Crippen LogP contribution in [-0.4, -0.2) is 48.3 Å². The zero-order valence-corrected chi connectivity index (χ0v) is 17.6. The van der Waals surface area contributed by atoms with Crippen molar-refractivity contribution in [2.45, 2.75) is 26.9 Å². The number of amides is 1. The van der Waals surface area contributed by atoms with Crippen molar-refractivity contribution in [2.75, 3.05) is 19.0 Å². The lowest BCUT2D eigenvalue weighted by atomic mass is 10.2. The molecule has 1 atom stereocenters. The van der Waals surface area contributed by atoms with E-state index in [1.165, 1.54) is 18.0 Å². The molecule has 1 saturated heterocycles. The number of rotatable bonds is 8. The van der Waals surface area contributed by atoms with E-state index in [4.69, 9.17) is 14.2 Å². The van der Waals surface area contributed by atoms with Gasteiger partial charge in [0, 0.05) is 0 Å². The second kappa shape index (κ2) is 10.3. The average Bonchev–Trinajstić information content (AvgIpc) is 3.03. The molecule has 1 aliphatic rings. The van der Waals surface area contributed by atoms with Gasteiger partial charge in [0.05, 0.1) is 29.7 Å². The van der Waals surface area contributed by atoms with Crippen molar-refractivity contribution in [1.82, 2.24) is 5.32 Å². The van der Waals surface area contributed by atoms with Gasteiger partial charge in [0.2, 0.25) is 5.91 Å². The van der Waals surface area contributed by atoms with Gasteiger partial charge in [-0.2, -0.15) is 5.10 Å². The van der Waals surface area contributed by atoms with Crippen molar-refractivity contribution in [2.24, 2.45) is 10.2 Å². The molecule has 1 aliphatic heterocycles. The first-order valence-electron chi connectivity index (χ1n) is 8.27. The van der Waals surface area contributed by atoms with Crippen molar-refractivity contribution in [3.63, 3.8) is 0 Å². The van der Waals surface area contributed by atoms with E-state index in [0.29, 0.717) is 39.1 Å². The maximum absolute atomic E-state index is 11.8. The number of benzene rings is 1. The zero-order valence-electron chi connectivity index (χ0n) is 15.2. The summed E-state index contributed by atoms with van der Waals surface area (Å²) in [5, 5.41) is 11.0. The molecule has 1 amide bonds. The first kappa shape index (κ1) is 21.2. The van der Waals surface area contributed by atoms with Gasteiger partial charge in [-0.05, 0) is 54.4 Å². The molecule has 0 saturated carbocycles. The minimum atomic E-state index is -0.783. The van der Waals surface area contributed by atoms with Gasteiger partial charge in [-0.1, -0.05) is 11.8 Å². The SMILES string of the molecule is CCOC(=O)C(C)Oc1c(Br)cc(C=NN=C2NC(=O)CS2)cc1OCC. The second-order valence-corrected chi connectivity index (χ2v) is 7.08. The number of carbonyl (C=O) groups excluding carboxylic acids is 2. The fraction of sp³-hybridized carbons (Fsp3) is 0.412. The van der Waals surface area contributed by atoms with Crippen molar-refractivity contribution < 1.29 is 23.8 Å². The number of halogens is 1. The third-order valence-electron chi connectivity index (χ3n) is 3.19. The number of thioether (sulfide) groups is 1. The molecule has 1 unspecified atom stereocenters. The summed E-state index contributed by atoms with van der Waals surface area (Å²) in [6.07, 6.45) is 0.749. The molecular formula is C17H20BrN3O5S. The summed E-state index contributed by atoms with van der Waals surface area (Å²) >= 11 is 4.73. The molecule has 10 heteroatoms. The van der Waals surface area contributed by atoms with Crippen LogP contribution in [0.1, 0.15) is 26.3 Å². The average molecular weight is 458 g/mol. The molecule has 146 valence electrons. The Bertz CT molecular complexity index is 769. The molecule has 8 nitrogen and oxygen atoms in total. The van der Waals surface area contributed by atoms with E-state index in [0.717, 1.165) is 0 Å². The molecule has 1 N–H and O–H groups in total.